The predicted molar refractivity (Wildman–Crippen MR) is 245 cm³/mol. The fraction of sp³-hybridized carbons (Fsp3) is 0.267. The number of aliphatic hydroxyl groups is 1. The molecule has 2 bridgehead atoms. The number of hydrogen-bond acceptors (Lipinski definition) is 10. The number of likely N-dealkylation sites (N-methyl/N-ethyl adjacent to an activating group) is 1. The Morgan fingerprint density at radius 1 is 0.797 bits per heavy atom. The fourth-order valence-electron chi connectivity index (χ4n) is 7.33. The number of fused-ring (bicyclic) bond motifs is 4. The molecule has 0 aliphatic carbocycles. The second-order valence-electron chi connectivity index (χ2n) is 15.5. The number of aliphatic hydroxyl groups excluding tert-OH is 1. The number of rotatable bonds is 5. The molecule has 7 rings (SSSR count). The lowest BCUT2D eigenvalue weighted by Crippen LogP contribution is -2.58. The molecule has 0 fully saturated rings. The fourth-order valence-corrected chi connectivity index (χ4v) is 8.76. The van der Waals surface area contributed by atoms with E-state index in [9.17, 15) is 33.9 Å². The van der Waals surface area contributed by atoms with E-state index in [4.69, 9.17) is 0 Å². The number of H-pyrrole nitrogens is 2. The van der Waals surface area contributed by atoms with Crippen LogP contribution in [0.4, 0.5) is 0 Å². The minimum absolute atomic E-state index is 0.00754. The summed E-state index contributed by atoms with van der Waals surface area (Å²) in [6, 6.07) is 17.9. The van der Waals surface area contributed by atoms with Crippen LogP contribution >= 0.6 is 27.3 Å². The number of carbonyl (C=O) groups excluding carboxylic acids is 6. The monoisotopic (exact) mass is 950 g/mol. The minimum atomic E-state index is -1.52. The average Bonchev–Trinajstić information content (AvgIpc) is 4.04. The third-order valence-electron chi connectivity index (χ3n) is 10.7. The first-order chi connectivity index (χ1) is 30.7. The van der Waals surface area contributed by atoms with Gasteiger partial charge in [-0.25, -0.2) is 4.98 Å². The lowest BCUT2D eigenvalue weighted by molar-refractivity contribution is -0.133. The first-order valence-electron chi connectivity index (χ1n) is 20.4. The molecule has 19 heteroatoms. The summed E-state index contributed by atoms with van der Waals surface area (Å²) in [5, 5.41) is 31.9. The van der Waals surface area contributed by atoms with Crippen LogP contribution in [0.3, 0.4) is 0 Å². The maximum Gasteiger partial charge on any atom is 0.271 e. The van der Waals surface area contributed by atoms with Crippen LogP contribution in [0.2, 0.25) is 0 Å². The summed E-state index contributed by atoms with van der Waals surface area (Å²) in [6.07, 6.45) is 3.61. The molecular formula is C45H47BrN10O7S. The number of amides is 6. The Labute approximate surface area is 380 Å². The molecule has 0 spiro atoms. The molecule has 1 aliphatic heterocycles. The van der Waals surface area contributed by atoms with E-state index in [0.717, 1.165) is 53.6 Å². The van der Waals surface area contributed by atoms with E-state index >= 15 is 0 Å². The van der Waals surface area contributed by atoms with E-state index in [1.165, 1.54) is 25.4 Å². The molecule has 0 saturated carbocycles. The summed E-state index contributed by atoms with van der Waals surface area (Å²) in [6.45, 7) is 2.24. The minimum Gasteiger partial charge on any atom is -0.376 e. The highest BCUT2D eigenvalue weighted by atomic mass is 79.9. The summed E-state index contributed by atoms with van der Waals surface area (Å²) in [5.41, 5.74) is 3.58. The van der Waals surface area contributed by atoms with Crippen LogP contribution in [0.5, 0.6) is 0 Å². The van der Waals surface area contributed by atoms with Gasteiger partial charge in [0.25, 0.3) is 11.8 Å². The van der Waals surface area contributed by atoms with Crippen LogP contribution in [0.15, 0.2) is 101 Å². The molecule has 6 aromatic rings. The lowest BCUT2D eigenvalue weighted by atomic mass is 10.0. The quantitative estimate of drug-likeness (QED) is 0.115. The summed E-state index contributed by atoms with van der Waals surface area (Å²) in [5.74, 6) is -3.88. The number of nitrogens with zero attached hydrogens (tertiary/aromatic N) is 2. The summed E-state index contributed by atoms with van der Waals surface area (Å²) < 4.78 is 0.780. The van der Waals surface area contributed by atoms with Crippen molar-refractivity contribution in [2.75, 3.05) is 20.1 Å². The van der Waals surface area contributed by atoms with Gasteiger partial charge in [-0.15, -0.1) is 11.3 Å². The highest BCUT2D eigenvalue weighted by Crippen LogP contribution is 2.28. The van der Waals surface area contributed by atoms with Gasteiger partial charge in [-0.3, -0.25) is 34.1 Å². The van der Waals surface area contributed by atoms with Crippen molar-refractivity contribution in [3.8, 4) is 0 Å². The van der Waals surface area contributed by atoms with Gasteiger partial charge in [0, 0.05) is 57.5 Å². The van der Waals surface area contributed by atoms with Gasteiger partial charge >= 0.3 is 0 Å². The van der Waals surface area contributed by atoms with Crippen molar-refractivity contribution >= 4 is 90.6 Å². The zero-order valence-corrected chi connectivity index (χ0v) is 37.4. The van der Waals surface area contributed by atoms with Gasteiger partial charge in [0.15, 0.2) is 0 Å². The van der Waals surface area contributed by atoms with E-state index in [1.807, 2.05) is 42.5 Å². The maximum atomic E-state index is 14.5. The van der Waals surface area contributed by atoms with E-state index < -0.39 is 78.9 Å². The topological polar surface area (TPSA) is 243 Å². The Hall–Kier alpha value is -6.67. The van der Waals surface area contributed by atoms with Gasteiger partial charge < -0.3 is 46.6 Å². The molecule has 1 aliphatic rings. The molecule has 0 radical (unpaired) electrons. The van der Waals surface area contributed by atoms with Crippen LogP contribution in [0.25, 0.3) is 27.9 Å². The van der Waals surface area contributed by atoms with Crippen LogP contribution in [0.1, 0.15) is 52.1 Å². The average molecular weight is 952 g/mol. The number of hydrogen-bond donors (Lipinski definition) is 9. The zero-order valence-electron chi connectivity index (χ0n) is 35.0. The SMILES string of the molecule is C[C@H]1NC(=O)CNC(O)[C@H](Cc2c[nH]c3cccc(Br)c23)NC(=O)[C@H](Cc2c[nH]c3ccccc23)NC(=O)c2csc(n2)[C@@H](C)NC(=O)CN(C)C(=O)/C(=C/c2ccccc2)NC1=O. The Bertz CT molecular complexity index is 2730. The number of halogens is 1. The third-order valence-corrected chi connectivity index (χ3v) is 12.4. The number of para-hydroxylation sites is 1. The van der Waals surface area contributed by atoms with E-state index in [1.54, 1.807) is 49.6 Å². The van der Waals surface area contributed by atoms with Gasteiger partial charge in [0.05, 0.1) is 25.2 Å². The van der Waals surface area contributed by atoms with E-state index in [2.05, 4.69) is 62.8 Å². The molecule has 1 unspecified atom stereocenters. The number of carbonyl (C=O) groups is 6. The predicted octanol–water partition coefficient (Wildman–Crippen LogP) is 3.16. The Kier molecular flexibility index (Phi) is 14.3. The first kappa shape index (κ1) is 45.4. The highest BCUT2D eigenvalue weighted by molar-refractivity contribution is 9.10. The number of nitrogens with one attached hydrogen (secondary N) is 8. The Balaban J connectivity index is 1.21. The number of benzene rings is 3. The lowest BCUT2D eigenvalue weighted by Gasteiger charge is -2.28. The molecular weight excluding hydrogens is 905 g/mol. The van der Waals surface area contributed by atoms with Gasteiger partial charge in [0.2, 0.25) is 23.6 Å². The maximum absolute atomic E-state index is 14.5. The van der Waals surface area contributed by atoms with Crippen molar-refractivity contribution in [1.29, 1.82) is 0 Å². The first-order valence-corrected chi connectivity index (χ1v) is 22.1. The zero-order chi connectivity index (χ0) is 45.5. The molecule has 332 valence electrons. The molecule has 9 N–H and O–H groups in total. The van der Waals surface area contributed by atoms with Crippen molar-refractivity contribution in [2.24, 2.45) is 0 Å². The van der Waals surface area contributed by atoms with Crippen LogP contribution < -0.4 is 31.9 Å². The summed E-state index contributed by atoms with van der Waals surface area (Å²) in [7, 11) is 1.41. The summed E-state index contributed by atoms with van der Waals surface area (Å²) >= 11 is 4.74. The number of thiazole rings is 1. The smallest absolute Gasteiger partial charge is 0.271 e. The van der Waals surface area contributed by atoms with Crippen molar-refractivity contribution in [1.82, 2.24) is 51.8 Å². The van der Waals surface area contributed by atoms with Gasteiger partial charge in [0.1, 0.15) is 34.7 Å². The molecule has 3 aromatic heterocycles. The highest BCUT2D eigenvalue weighted by Gasteiger charge is 2.31. The second-order valence-corrected chi connectivity index (χ2v) is 17.2. The molecule has 4 heterocycles. The largest absolute Gasteiger partial charge is 0.376 e. The Morgan fingerprint density at radius 3 is 2.30 bits per heavy atom. The standard InChI is InChI=1S/C45H47BrN10O7S/c1-24-40(59)54-35(16-26-10-5-4-6-11-26)45(63)56(3)22-38(58)51-25(2)44-55-36(23-64-44)43(62)53-34(17-27-19-47-31-14-8-7-12-29(27)31)42(61)52-33(41(60)49-21-37(57)50-24)18-28-20-48-32-15-9-13-30(46)39(28)32/h4-16,19-20,23-25,33-34,41,47-49,60H,17-18,21-22H2,1-3H3,(H,50,57)(H,51,58)(H,52,61)(H,53,62)(H,54,59)/b35-16-/t24-,25-,33+,34+,41?/m1/s1. The van der Waals surface area contributed by atoms with Crippen molar-refractivity contribution in [2.45, 2.75) is 57.1 Å². The molecule has 5 atom stereocenters. The molecule has 0 saturated heterocycles. The van der Waals surface area contributed by atoms with Crippen LogP contribution in [-0.2, 0) is 36.8 Å². The Morgan fingerprint density at radius 2 is 1.50 bits per heavy atom. The van der Waals surface area contributed by atoms with Crippen LogP contribution in [-0.4, -0.2) is 105 Å². The second kappa shape index (κ2) is 20.2. The van der Waals surface area contributed by atoms with Crippen LogP contribution in [0, 0.1) is 0 Å². The van der Waals surface area contributed by atoms with Crippen molar-refractivity contribution in [3.05, 3.63) is 128 Å². The van der Waals surface area contributed by atoms with E-state index in [-0.39, 0.29) is 24.2 Å². The van der Waals surface area contributed by atoms with E-state index in [0.29, 0.717) is 10.6 Å². The normalized spacial score (nSPS) is 22.1. The van der Waals surface area contributed by atoms with Gasteiger partial charge in [-0.1, -0.05) is 70.5 Å². The van der Waals surface area contributed by atoms with Gasteiger partial charge in [-0.05, 0) is 61.2 Å². The molecule has 17 nitrogen and oxygen atoms in total. The third kappa shape index (κ3) is 10.9. The number of aromatic nitrogens is 3. The van der Waals surface area contributed by atoms with Crippen molar-refractivity contribution < 1.29 is 33.9 Å². The molecule has 64 heavy (non-hydrogen) atoms. The van der Waals surface area contributed by atoms with Gasteiger partial charge in [-0.2, -0.15) is 0 Å². The van der Waals surface area contributed by atoms with Crippen molar-refractivity contribution in [3.63, 3.8) is 0 Å². The number of aromatic amines is 2. The molecule has 3 aromatic carbocycles. The summed E-state index contributed by atoms with van der Waals surface area (Å²) in [4.78, 5) is 94.4. The molecule has 6 amide bonds.